The van der Waals surface area contributed by atoms with Crippen molar-refractivity contribution in [2.45, 2.75) is 6.04 Å². The molecule has 0 saturated heterocycles. The molecular formula is C11H15ClN2. The van der Waals surface area contributed by atoms with E-state index < -0.39 is 0 Å². The molecule has 2 nitrogen and oxygen atoms in total. The molecular weight excluding hydrogens is 196 g/mol. The first-order valence-corrected chi connectivity index (χ1v) is 4.79. The van der Waals surface area contributed by atoms with E-state index in [1.165, 1.54) is 0 Å². The lowest BCUT2D eigenvalue weighted by molar-refractivity contribution is 0.914. The fourth-order valence-corrected chi connectivity index (χ4v) is 1.49. The second-order valence-corrected chi connectivity index (χ2v) is 3.77. The van der Waals surface area contributed by atoms with Gasteiger partial charge in [0.15, 0.2) is 0 Å². The summed E-state index contributed by atoms with van der Waals surface area (Å²) in [5, 5.41) is 0.684. The molecule has 0 spiro atoms. The van der Waals surface area contributed by atoms with Gasteiger partial charge in [-0.3, -0.25) is 0 Å². The molecule has 0 fully saturated rings. The van der Waals surface area contributed by atoms with Crippen LogP contribution in [0.2, 0.25) is 5.02 Å². The highest BCUT2D eigenvalue weighted by Gasteiger charge is 2.07. The molecule has 0 bridgehead atoms. The van der Waals surface area contributed by atoms with Gasteiger partial charge in [0.25, 0.3) is 0 Å². The number of nitrogens with two attached hydrogens (primary N) is 1. The van der Waals surface area contributed by atoms with E-state index in [-0.39, 0.29) is 6.04 Å². The fraction of sp³-hybridized carbons (Fsp3) is 0.273. The number of rotatable bonds is 3. The standard InChI is InChI=1S/C11H15ClN2/c1-4-11(13)9-6-5-8(14(2)3)7-10(9)12/h4-7,11H,1,13H2,2-3H3/t11-/m0/s1. The van der Waals surface area contributed by atoms with Crippen molar-refractivity contribution >= 4 is 17.3 Å². The first-order chi connectivity index (χ1) is 6.56. The average Bonchev–Trinajstić information content (AvgIpc) is 2.16. The Balaban J connectivity index is 3.07. The van der Waals surface area contributed by atoms with Crippen LogP contribution in [-0.4, -0.2) is 14.1 Å². The van der Waals surface area contributed by atoms with Crippen molar-refractivity contribution in [2.24, 2.45) is 5.73 Å². The molecule has 0 radical (unpaired) electrons. The van der Waals surface area contributed by atoms with Gasteiger partial charge in [0.1, 0.15) is 0 Å². The maximum Gasteiger partial charge on any atom is 0.0493 e. The maximum atomic E-state index is 6.09. The van der Waals surface area contributed by atoms with Crippen molar-refractivity contribution in [1.82, 2.24) is 0 Å². The van der Waals surface area contributed by atoms with Gasteiger partial charge in [-0.05, 0) is 17.7 Å². The van der Waals surface area contributed by atoms with Gasteiger partial charge in [0.2, 0.25) is 0 Å². The molecule has 0 unspecified atom stereocenters. The van der Waals surface area contributed by atoms with Gasteiger partial charge in [0, 0.05) is 30.8 Å². The maximum absolute atomic E-state index is 6.09. The number of anilines is 1. The topological polar surface area (TPSA) is 29.3 Å². The van der Waals surface area contributed by atoms with Crippen LogP contribution in [0.25, 0.3) is 0 Å². The summed E-state index contributed by atoms with van der Waals surface area (Å²) < 4.78 is 0. The molecule has 0 aliphatic rings. The predicted molar refractivity (Wildman–Crippen MR) is 62.9 cm³/mol. The Labute approximate surface area is 90.0 Å². The van der Waals surface area contributed by atoms with Gasteiger partial charge in [-0.15, -0.1) is 6.58 Å². The van der Waals surface area contributed by atoms with Gasteiger partial charge in [-0.25, -0.2) is 0 Å². The van der Waals surface area contributed by atoms with Gasteiger partial charge >= 0.3 is 0 Å². The number of nitrogens with zero attached hydrogens (tertiary/aromatic N) is 1. The van der Waals surface area contributed by atoms with Gasteiger partial charge < -0.3 is 10.6 Å². The van der Waals surface area contributed by atoms with Crippen LogP contribution in [0.1, 0.15) is 11.6 Å². The summed E-state index contributed by atoms with van der Waals surface area (Å²) in [5.41, 5.74) is 7.78. The monoisotopic (exact) mass is 210 g/mol. The van der Waals surface area contributed by atoms with Crippen LogP contribution in [-0.2, 0) is 0 Å². The first-order valence-electron chi connectivity index (χ1n) is 4.41. The molecule has 0 aliphatic heterocycles. The molecule has 0 amide bonds. The van der Waals surface area contributed by atoms with Crippen LogP contribution in [0.4, 0.5) is 5.69 Å². The van der Waals surface area contributed by atoms with Gasteiger partial charge in [-0.2, -0.15) is 0 Å². The van der Waals surface area contributed by atoms with Crippen LogP contribution in [0.5, 0.6) is 0 Å². The summed E-state index contributed by atoms with van der Waals surface area (Å²) in [4.78, 5) is 2.00. The molecule has 0 aromatic heterocycles. The third kappa shape index (κ3) is 2.28. The summed E-state index contributed by atoms with van der Waals surface area (Å²) in [6.07, 6.45) is 1.68. The molecule has 0 saturated carbocycles. The van der Waals surface area contributed by atoms with Gasteiger partial charge in [-0.1, -0.05) is 23.7 Å². The largest absolute Gasteiger partial charge is 0.378 e. The van der Waals surface area contributed by atoms with Crippen molar-refractivity contribution in [1.29, 1.82) is 0 Å². The smallest absolute Gasteiger partial charge is 0.0493 e. The average molecular weight is 211 g/mol. The highest BCUT2D eigenvalue weighted by molar-refractivity contribution is 6.31. The van der Waals surface area contributed by atoms with Crippen LogP contribution in [0.15, 0.2) is 30.9 Å². The minimum Gasteiger partial charge on any atom is -0.378 e. The Morgan fingerprint density at radius 1 is 1.50 bits per heavy atom. The predicted octanol–water partition coefficient (Wildman–Crippen LogP) is 2.59. The zero-order valence-electron chi connectivity index (χ0n) is 8.50. The number of hydrogen-bond acceptors (Lipinski definition) is 2. The second kappa shape index (κ2) is 4.49. The molecule has 3 heteroatoms. The SMILES string of the molecule is C=C[C@H](N)c1ccc(N(C)C)cc1Cl. The summed E-state index contributed by atoms with van der Waals surface area (Å²) in [6.45, 7) is 3.64. The fourth-order valence-electron chi connectivity index (χ4n) is 1.19. The van der Waals surface area contributed by atoms with Crippen LogP contribution in [0, 0.1) is 0 Å². The highest BCUT2D eigenvalue weighted by atomic mass is 35.5. The zero-order chi connectivity index (χ0) is 10.7. The molecule has 1 aromatic carbocycles. The molecule has 1 atom stereocenters. The Morgan fingerprint density at radius 3 is 2.57 bits per heavy atom. The lowest BCUT2D eigenvalue weighted by Gasteiger charge is -2.15. The third-order valence-corrected chi connectivity index (χ3v) is 2.44. The van der Waals surface area contributed by atoms with E-state index in [4.69, 9.17) is 17.3 Å². The summed E-state index contributed by atoms with van der Waals surface area (Å²) in [5.74, 6) is 0. The summed E-state index contributed by atoms with van der Waals surface area (Å²) >= 11 is 6.09. The Morgan fingerprint density at radius 2 is 2.14 bits per heavy atom. The Bertz CT molecular complexity index is 334. The van der Waals surface area contributed by atoms with Crippen molar-refractivity contribution < 1.29 is 0 Å². The van der Waals surface area contributed by atoms with E-state index in [0.29, 0.717) is 5.02 Å². The molecule has 0 aliphatic carbocycles. The second-order valence-electron chi connectivity index (χ2n) is 3.36. The third-order valence-electron chi connectivity index (χ3n) is 2.11. The van der Waals surface area contributed by atoms with E-state index in [1.807, 2.05) is 37.2 Å². The van der Waals surface area contributed by atoms with Crippen molar-refractivity contribution in [3.05, 3.63) is 41.4 Å². The van der Waals surface area contributed by atoms with E-state index in [0.717, 1.165) is 11.3 Å². The lowest BCUT2D eigenvalue weighted by atomic mass is 10.1. The van der Waals surface area contributed by atoms with Crippen LogP contribution < -0.4 is 10.6 Å². The molecule has 14 heavy (non-hydrogen) atoms. The zero-order valence-corrected chi connectivity index (χ0v) is 9.25. The van der Waals surface area contributed by atoms with E-state index in [9.17, 15) is 0 Å². The van der Waals surface area contributed by atoms with Crippen molar-refractivity contribution in [3.63, 3.8) is 0 Å². The Hall–Kier alpha value is -0.990. The molecule has 1 aromatic rings. The molecule has 1 rings (SSSR count). The van der Waals surface area contributed by atoms with Crippen LogP contribution in [0.3, 0.4) is 0 Å². The number of hydrogen-bond donors (Lipinski definition) is 1. The molecule has 76 valence electrons. The molecule has 2 N–H and O–H groups in total. The number of halogens is 1. The molecule has 0 heterocycles. The van der Waals surface area contributed by atoms with Crippen molar-refractivity contribution in [3.8, 4) is 0 Å². The normalized spacial score (nSPS) is 12.3. The van der Waals surface area contributed by atoms with E-state index in [2.05, 4.69) is 6.58 Å². The van der Waals surface area contributed by atoms with Crippen molar-refractivity contribution in [2.75, 3.05) is 19.0 Å². The minimum absolute atomic E-state index is 0.196. The summed E-state index contributed by atoms with van der Waals surface area (Å²) in [7, 11) is 3.94. The van der Waals surface area contributed by atoms with Crippen LogP contribution >= 0.6 is 11.6 Å². The minimum atomic E-state index is -0.196. The van der Waals surface area contributed by atoms with Gasteiger partial charge in [0.05, 0.1) is 0 Å². The number of benzene rings is 1. The highest BCUT2D eigenvalue weighted by Crippen LogP contribution is 2.26. The van der Waals surface area contributed by atoms with E-state index >= 15 is 0 Å². The first kappa shape index (κ1) is 11.1. The summed E-state index contributed by atoms with van der Waals surface area (Å²) in [6, 6.07) is 5.63. The Kier molecular flexibility index (Phi) is 3.55. The lowest BCUT2D eigenvalue weighted by Crippen LogP contribution is -2.11. The quantitative estimate of drug-likeness (QED) is 0.778. The van der Waals surface area contributed by atoms with E-state index in [1.54, 1.807) is 6.08 Å².